The van der Waals surface area contributed by atoms with Crippen molar-refractivity contribution in [3.05, 3.63) is 124 Å². The second kappa shape index (κ2) is 14.2. The maximum atomic E-state index is 13.2. The molecule has 3 N–H and O–H groups in total. The van der Waals surface area contributed by atoms with Crippen LogP contribution in [0.25, 0.3) is 6.08 Å². The Morgan fingerprint density at radius 2 is 1.50 bits per heavy atom. The third-order valence-corrected chi connectivity index (χ3v) is 7.11. The van der Waals surface area contributed by atoms with E-state index in [1.165, 1.54) is 11.8 Å². The van der Waals surface area contributed by atoms with Crippen LogP contribution in [0.3, 0.4) is 0 Å². The van der Waals surface area contributed by atoms with E-state index < -0.39 is 11.8 Å². The van der Waals surface area contributed by atoms with Gasteiger partial charge in [-0.1, -0.05) is 58.4 Å². The van der Waals surface area contributed by atoms with Gasteiger partial charge in [0.15, 0.2) is 0 Å². The number of carbonyl (C=O) groups excluding carboxylic acids is 3. The number of hydrogen-bond acceptors (Lipinski definition) is 5. The lowest BCUT2D eigenvalue weighted by Crippen LogP contribution is -2.30. The summed E-state index contributed by atoms with van der Waals surface area (Å²) in [6, 6.07) is 30.4. The Morgan fingerprint density at radius 1 is 0.825 bits per heavy atom. The summed E-state index contributed by atoms with van der Waals surface area (Å²) in [7, 11) is 1.55. The third kappa shape index (κ3) is 8.33. The number of thioether (sulfide) groups is 1. The average Bonchev–Trinajstić information content (AvgIpc) is 2.98. The first-order valence-electron chi connectivity index (χ1n) is 12.2. The zero-order valence-corrected chi connectivity index (χ0v) is 23.9. The minimum absolute atomic E-state index is 0.0997. The van der Waals surface area contributed by atoms with E-state index in [0.29, 0.717) is 22.7 Å². The molecule has 0 unspecified atom stereocenters. The highest BCUT2D eigenvalue weighted by Crippen LogP contribution is 2.25. The van der Waals surface area contributed by atoms with Gasteiger partial charge in [-0.25, -0.2) is 0 Å². The van der Waals surface area contributed by atoms with Gasteiger partial charge in [-0.15, -0.1) is 11.8 Å². The summed E-state index contributed by atoms with van der Waals surface area (Å²) in [4.78, 5) is 39.3. The molecule has 0 atom stereocenters. The minimum Gasteiger partial charge on any atom is -0.495 e. The molecule has 4 aromatic carbocycles. The number of para-hydroxylation sites is 2. The van der Waals surface area contributed by atoms with Gasteiger partial charge in [-0.2, -0.15) is 0 Å². The Hall–Kier alpha value is -4.34. The van der Waals surface area contributed by atoms with Crippen molar-refractivity contribution in [3.63, 3.8) is 0 Å². The van der Waals surface area contributed by atoms with Crippen LogP contribution in [-0.2, 0) is 9.59 Å². The molecule has 0 saturated carbocycles. The fourth-order valence-corrected chi connectivity index (χ4v) is 4.55. The standard InChI is InChI=1S/C31H26BrN3O4S/c1-39-28-10-6-5-9-26(28)34-29(36)20-40-25-17-15-24(16-18-25)33-31(38)27(19-21-11-13-23(32)14-12-21)35-30(37)22-7-3-2-4-8-22/h2-19H,20H2,1H3,(H,33,38)(H,34,36)(H,35,37)/b27-19-. The summed E-state index contributed by atoms with van der Waals surface area (Å²) in [6.45, 7) is 0. The molecule has 0 aliphatic carbocycles. The molecule has 0 aliphatic rings. The van der Waals surface area contributed by atoms with E-state index in [-0.39, 0.29) is 17.4 Å². The molecule has 202 valence electrons. The third-order valence-electron chi connectivity index (χ3n) is 5.57. The molecule has 4 rings (SSSR count). The number of carbonyl (C=O) groups is 3. The molecule has 0 spiro atoms. The predicted molar refractivity (Wildman–Crippen MR) is 163 cm³/mol. The van der Waals surface area contributed by atoms with Crippen LogP contribution in [0.5, 0.6) is 5.75 Å². The number of methoxy groups -OCH3 is 1. The zero-order chi connectivity index (χ0) is 28.3. The highest BCUT2D eigenvalue weighted by Gasteiger charge is 2.15. The van der Waals surface area contributed by atoms with Crippen LogP contribution in [0.2, 0.25) is 0 Å². The Kier molecular flexibility index (Phi) is 10.1. The summed E-state index contributed by atoms with van der Waals surface area (Å²) in [5, 5.41) is 8.41. The van der Waals surface area contributed by atoms with Gasteiger partial charge in [-0.3, -0.25) is 14.4 Å². The van der Waals surface area contributed by atoms with Crippen LogP contribution in [0.4, 0.5) is 11.4 Å². The van der Waals surface area contributed by atoms with E-state index in [9.17, 15) is 14.4 Å². The van der Waals surface area contributed by atoms with Gasteiger partial charge in [-0.05, 0) is 72.3 Å². The SMILES string of the molecule is COc1ccccc1NC(=O)CSc1ccc(NC(=O)/C(=C/c2ccc(Br)cc2)NC(=O)c2ccccc2)cc1. The zero-order valence-electron chi connectivity index (χ0n) is 21.5. The fraction of sp³-hybridized carbons (Fsp3) is 0.0645. The summed E-state index contributed by atoms with van der Waals surface area (Å²) in [5.74, 6) is -0.228. The number of rotatable bonds is 10. The lowest BCUT2D eigenvalue weighted by Gasteiger charge is -2.12. The topological polar surface area (TPSA) is 96.5 Å². The van der Waals surface area contributed by atoms with Crippen molar-refractivity contribution in [2.24, 2.45) is 0 Å². The van der Waals surface area contributed by atoms with Gasteiger partial charge in [0.05, 0.1) is 18.6 Å². The molecule has 9 heteroatoms. The van der Waals surface area contributed by atoms with Gasteiger partial charge < -0.3 is 20.7 Å². The summed E-state index contributed by atoms with van der Waals surface area (Å²) < 4.78 is 6.17. The number of ether oxygens (including phenoxy) is 1. The monoisotopic (exact) mass is 615 g/mol. The molecule has 0 saturated heterocycles. The molecule has 0 radical (unpaired) electrons. The van der Waals surface area contributed by atoms with Crippen LogP contribution in [0.1, 0.15) is 15.9 Å². The van der Waals surface area contributed by atoms with Crippen molar-refractivity contribution < 1.29 is 19.1 Å². The quantitative estimate of drug-likeness (QED) is 0.138. The normalized spacial score (nSPS) is 10.9. The van der Waals surface area contributed by atoms with Gasteiger partial charge in [0.25, 0.3) is 11.8 Å². The van der Waals surface area contributed by atoms with Crippen LogP contribution >= 0.6 is 27.7 Å². The Morgan fingerprint density at radius 3 is 2.20 bits per heavy atom. The molecule has 3 amide bonds. The Labute approximate surface area is 245 Å². The van der Waals surface area contributed by atoms with E-state index >= 15 is 0 Å². The highest BCUT2D eigenvalue weighted by atomic mass is 79.9. The van der Waals surface area contributed by atoms with Crippen LogP contribution < -0.4 is 20.7 Å². The molecule has 0 aromatic heterocycles. The maximum absolute atomic E-state index is 13.2. The van der Waals surface area contributed by atoms with Crippen LogP contribution in [0, 0.1) is 0 Å². The molecular formula is C31H26BrN3O4S. The second-order valence-electron chi connectivity index (χ2n) is 8.45. The highest BCUT2D eigenvalue weighted by molar-refractivity contribution is 9.10. The lowest BCUT2D eigenvalue weighted by atomic mass is 10.1. The first kappa shape index (κ1) is 28.7. The number of amides is 3. The van der Waals surface area contributed by atoms with Crippen molar-refractivity contribution in [1.82, 2.24) is 5.32 Å². The predicted octanol–water partition coefficient (Wildman–Crippen LogP) is 6.60. The van der Waals surface area contributed by atoms with E-state index in [1.807, 2.05) is 54.6 Å². The van der Waals surface area contributed by atoms with E-state index in [1.54, 1.807) is 61.7 Å². The molecule has 0 bridgehead atoms. The van der Waals surface area contributed by atoms with E-state index in [0.717, 1.165) is 14.9 Å². The maximum Gasteiger partial charge on any atom is 0.272 e. The van der Waals surface area contributed by atoms with Crippen molar-refractivity contribution >= 4 is 62.9 Å². The molecule has 4 aromatic rings. The van der Waals surface area contributed by atoms with Crippen molar-refractivity contribution in [1.29, 1.82) is 0 Å². The number of benzene rings is 4. The fourth-order valence-electron chi connectivity index (χ4n) is 3.58. The van der Waals surface area contributed by atoms with Gasteiger partial charge in [0, 0.05) is 20.6 Å². The molecule has 40 heavy (non-hydrogen) atoms. The lowest BCUT2D eigenvalue weighted by molar-refractivity contribution is -0.114. The molecule has 7 nitrogen and oxygen atoms in total. The Bertz CT molecular complexity index is 1510. The smallest absolute Gasteiger partial charge is 0.272 e. The number of halogens is 1. The molecule has 0 heterocycles. The number of nitrogens with one attached hydrogen (secondary N) is 3. The summed E-state index contributed by atoms with van der Waals surface area (Å²) in [5.41, 5.74) is 2.44. The largest absolute Gasteiger partial charge is 0.495 e. The number of anilines is 2. The molecule has 0 fully saturated rings. The summed E-state index contributed by atoms with van der Waals surface area (Å²) in [6.07, 6.45) is 1.62. The minimum atomic E-state index is -0.469. The van der Waals surface area contributed by atoms with Crippen molar-refractivity contribution in [2.45, 2.75) is 4.90 Å². The first-order chi connectivity index (χ1) is 19.4. The molecule has 0 aliphatic heterocycles. The van der Waals surface area contributed by atoms with Crippen molar-refractivity contribution in [2.75, 3.05) is 23.5 Å². The van der Waals surface area contributed by atoms with Gasteiger partial charge in [0.2, 0.25) is 5.91 Å². The van der Waals surface area contributed by atoms with Gasteiger partial charge in [0.1, 0.15) is 11.4 Å². The second-order valence-corrected chi connectivity index (χ2v) is 10.4. The first-order valence-corrected chi connectivity index (χ1v) is 14.0. The van der Waals surface area contributed by atoms with Gasteiger partial charge >= 0.3 is 0 Å². The van der Waals surface area contributed by atoms with E-state index in [4.69, 9.17) is 4.74 Å². The molecular weight excluding hydrogens is 590 g/mol. The summed E-state index contributed by atoms with van der Waals surface area (Å²) >= 11 is 4.77. The average molecular weight is 617 g/mol. The van der Waals surface area contributed by atoms with Crippen LogP contribution in [-0.4, -0.2) is 30.6 Å². The van der Waals surface area contributed by atoms with Crippen molar-refractivity contribution in [3.8, 4) is 5.75 Å². The number of hydrogen-bond donors (Lipinski definition) is 3. The Balaban J connectivity index is 1.40. The van der Waals surface area contributed by atoms with E-state index in [2.05, 4.69) is 31.9 Å². The van der Waals surface area contributed by atoms with Crippen LogP contribution in [0.15, 0.2) is 118 Å².